The van der Waals surface area contributed by atoms with Crippen LogP contribution in [0.25, 0.3) is 0 Å². The Hall–Kier alpha value is -2.13. The molecule has 2 aliphatic heterocycles. The van der Waals surface area contributed by atoms with Gasteiger partial charge in [-0.15, -0.1) is 0 Å². The Morgan fingerprint density at radius 2 is 1.44 bits per heavy atom. The van der Waals surface area contributed by atoms with E-state index in [0.717, 1.165) is 11.7 Å². The van der Waals surface area contributed by atoms with Crippen molar-refractivity contribution >= 4 is 24.1 Å². The molecule has 0 N–H and O–H groups in total. The van der Waals surface area contributed by atoms with E-state index in [9.17, 15) is 9.59 Å². The molecule has 0 amide bonds. The first-order valence-corrected chi connectivity index (χ1v) is 13.8. The SMILES string of the molecule is COC(=O)C1=C(C(=O)OC)P2(c3c(C(C)C)cc(C(C)C)cc3C(C)C)(C=C(C)CC2)O1. The molecule has 0 atom stereocenters. The molecule has 5 nitrogen and oxygen atoms in total. The summed E-state index contributed by atoms with van der Waals surface area (Å²) in [4.78, 5) is 25.8. The van der Waals surface area contributed by atoms with Gasteiger partial charge in [0.05, 0.1) is 0 Å². The van der Waals surface area contributed by atoms with Crippen LogP contribution in [0.2, 0.25) is 0 Å². The van der Waals surface area contributed by atoms with Gasteiger partial charge in [0.15, 0.2) is 0 Å². The molecule has 0 aliphatic carbocycles. The van der Waals surface area contributed by atoms with E-state index in [2.05, 4.69) is 66.4 Å². The Bertz CT molecular complexity index is 1000. The molecule has 1 aromatic carbocycles. The van der Waals surface area contributed by atoms with Gasteiger partial charge in [-0.1, -0.05) is 0 Å². The number of hydrogen-bond donors (Lipinski definition) is 0. The maximum absolute atomic E-state index is 13.2. The van der Waals surface area contributed by atoms with E-state index in [1.54, 1.807) is 0 Å². The summed E-state index contributed by atoms with van der Waals surface area (Å²) in [6.07, 6.45) is 1.48. The third kappa shape index (κ3) is 3.41. The van der Waals surface area contributed by atoms with Crippen molar-refractivity contribution in [1.29, 1.82) is 0 Å². The van der Waals surface area contributed by atoms with Gasteiger partial charge in [-0.2, -0.15) is 0 Å². The van der Waals surface area contributed by atoms with Crippen LogP contribution in [0.15, 0.2) is 34.6 Å². The molecule has 0 radical (unpaired) electrons. The van der Waals surface area contributed by atoms with Gasteiger partial charge in [-0.05, 0) is 0 Å². The third-order valence-corrected chi connectivity index (χ3v) is 12.4. The van der Waals surface area contributed by atoms with Crippen LogP contribution in [0.1, 0.15) is 89.3 Å². The van der Waals surface area contributed by atoms with Gasteiger partial charge in [0.25, 0.3) is 0 Å². The number of rotatable bonds is 6. The molecule has 2 heterocycles. The molecule has 0 fully saturated rings. The van der Waals surface area contributed by atoms with Crippen LogP contribution in [-0.2, 0) is 23.6 Å². The molecule has 1 spiro atoms. The predicted octanol–water partition coefficient (Wildman–Crippen LogP) is 6.05. The average molecular weight is 461 g/mol. The Balaban J connectivity index is 2.53. The summed E-state index contributed by atoms with van der Waals surface area (Å²) in [5.41, 5.74) is 4.82. The number of methoxy groups -OCH3 is 2. The van der Waals surface area contributed by atoms with Crippen LogP contribution in [0, 0.1) is 0 Å². The number of benzene rings is 1. The van der Waals surface area contributed by atoms with Crippen LogP contribution in [-0.4, -0.2) is 32.3 Å². The first kappa shape index (κ1) is 24.5. The number of ether oxygens (including phenoxy) is 2. The number of allylic oxidation sites excluding steroid dienone is 1. The van der Waals surface area contributed by atoms with Crippen molar-refractivity contribution in [3.63, 3.8) is 0 Å². The van der Waals surface area contributed by atoms with Gasteiger partial charge < -0.3 is 0 Å². The zero-order valence-corrected chi connectivity index (χ0v) is 21.8. The third-order valence-electron chi connectivity index (χ3n) is 6.79. The van der Waals surface area contributed by atoms with E-state index >= 15 is 0 Å². The summed E-state index contributed by atoms with van der Waals surface area (Å²) in [6, 6.07) is 4.54. The molecule has 0 aromatic heterocycles. The van der Waals surface area contributed by atoms with E-state index in [1.807, 2.05) is 0 Å². The van der Waals surface area contributed by atoms with Gasteiger partial charge >= 0.3 is 192 Å². The minimum absolute atomic E-state index is 0.000292. The fourth-order valence-corrected chi connectivity index (χ4v) is 11.7. The number of carbonyl (C=O) groups is 2. The van der Waals surface area contributed by atoms with E-state index in [-0.39, 0.29) is 17.6 Å². The fourth-order valence-electron chi connectivity index (χ4n) is 5.16. The van der Waals surface area contributed by atoms with Crippen molar-refractivity contribution in [2.24, 2.45) is 0 Å². The van der Waals surface area contributed by atoms with Crippen LogP contribution >= 0.6 is 6.83 Å². The number of hydrogen-bond acceptors (Lipinski definition) is 5. The van der Waals surface area contributed by atoms with E-state index in [1.165, 1.54) is 36.5 Å². The molecule has 0 unspecified atom stereocenters. The zero-order chi connectivity index (χ0) is 24.0. The molecule has 32 heavy (non-hydrogen) atoms. The van der Waals surface area contributed by atoms with Crippen molar-refractivity contribution in [1.82, 2.24) is 0 Å². The monoisotopic (exact) mass is 460 g/mol. The molecular formula is C26H37O5P. The second-order valence-electron chi connectivity index (χ2n) is 10.00. The van der Waals surface area contributed by atoms with E-state index in [0.29, 0.717) is 17.4 Å². The van der Waals surface area contributed by atoms with Gasteiger partial charge in [0, 0.05) is 0 Å². The molecule has 1 aromatic rings. The van der Waals surface area contributed by atoms with Crippen LogP contribution in [0.5, 0.6) is 0 Å². The van der Waals surface area contributed by atoms with Crippen LogP contribution in [0.3, 0.4) is 0 Å². The molecule has 3 rings (SSSR count). The molecule has 6 heteroatoms. The molecule has 0 bridgehead atoms. The number of carbonyl (C=O) groups excluding carboxylic acids is 2. The molecule has 2 aliphatic rings. The van der Waals surface area contributed by atoms with Crippen molar-refractivity contribution in [2.75, 3.05) is 20.4 Å². The summed E-state index contributed by atoms with van der Waals surface area (Å²) < 4.78 is 16.9. The maximum atomic E-state index is 13.2. The summed E-state index contributed by atoms with van der Waals surface area (Å²) >= 11 is 0. The average Bonchev–Trinajstić information content (AvgIpc) is 3.10. The summed E-state index contributed by atoms with van der Waals surface area (Å²) in [6.45, 7) is 11.6. The standard InChI is InChI=1S/C26H37O5P/c1-15(2)19-12-20(16(3)4)23(21(13-19)17(5)6)32(11-10-18(7)14-32)24(26(28)30-9)22(31-32)25(27)29-8/h12-17H,10-11H2,1-9H3. The minimum atomic E-state index is -3.57. The normalized spacial score (nSPS) is 20.0. The Morgan fingerprint density at radius 3 is 1.81 bits per heavy atom. The second kappa shape index (κ2) is 8.33. The van der Waals surface area contributed by atoms with Crippen LogP contribution < -0.4 is 5.30 Å². The fraction of sp³-hybridized carbons (Fsp3) is 0.538. The Kier molecular flexibility index (Phi) is 6.38. The van der Waals surface area contributed by atoms with Crippen LogP contribution in [0.4, 0.5) is 0 Å². The second-order valence-corrected chi connectivity index (χ2v) is 14.4. The van der Waals surface area contributed by atoms with Crippen molar-refractivity contribution in [2.45, 2.75) is 72.6 Å². The van der Waals surface area contributed by atoms with E-state index in [4.69, 9.17) is 14.0 Å². The van der Waals surface area contributed by atoms with Crippen molar-refractivity contribution < 1.29 is 23.6 Å². The predicted molar refractivity (Wildman–Crippen MR) is 131 cm³/mol. The first-order chi connectivity index (χ1) is 14.9. The van der Waals surface area contributed by atoms with Gasteiger partial charge in [-0.25, -0.2) is 0 Å². The summed E-state index contributed by atoms with van der Waals surface area (Å²) in [5.74, 6) is 1.85. The zero-order valence-electron chi connectivity index (χ0n) is 20.9. The van der Waals surface area contributed by atoms with Gasteiger partial charge in [-0.3, -0.25) is 0 Å². The topological polar surface area (TPSA) is 61.8 Å². The first-order valence-electron chi connectivity index (χ1n) is 11.4. The van der Waals surface area contributed by atoms with E-state index < -0.39 is 18.8 Å². The molecular weight excluding hydrogens is 423 g/mol. The quantitative estimate of drug-likeness (QED) is 0.382. The Morgan fingerprint density at radius 1 is 0.906 bits per heavy atom. The van der Waals surface area contributed by atoms with Crippen molar-refractivity contribution in [3.8, 4) is 0 Å². The summed E-state index contributed by atoms with van der Waals surface area (Å²) in [5, 5.41) is 1.48. The van der Waals surface area contributed by atoms with Crippen molar-refractivity contribution in [3.05, 3.63) is 51.3 Å². The molecule has 0 saturated carbocycles. The summed E-state index contributed by atoms with van der Waals surface area (Å²) in [7, 11) is 2.66. The Labute approximate surface area is 192 Å². The number of esters is 2. The van der Waals surface area contributed by atoms with Gasteiger partial charge in [0.1, 0.15) is 0 Å². The molecule has 176 valence electrons. The van der Waals surface area contributed by atoms with Gasteiger partial charge in [0.2, 0.25) is 0 Å². The molecule has 0 saturated heterocycles.